The van der Waals surface area contributed by atoms with Gasteiger partial charge >= 0.3 is 5.69 Å². The lowest BCUT2D eigenvalue weighted by atomic mass is 10.2. The maximum atomic E-state index is 10.9. The van der Waals surface area contributed by atoms with Gasteiger partial charge in [-0.05, 0) is 53.6 Å². The molecular weight excluding hydrogens is 362 g/mol. The Morgan fingerprint density at radius 2 is 1.29 bits per heavy atom. The summed E-state index contributed by atoms with van der Waals surface area (Å²) in [5.74, 6) is -0.876. The van der Waals surface area contributed by atoms with E-state index < -0.39 is 16.4 Å². The number of nitro groups is 1. The Bertz CT molecular complexity index is 1090. The van der Waals surface area contributed by atoms with Crippen molar-refractivity contribution >= 4 is 29.5 Å². The summed E-state index contributed by atoms with van der Waals surface area (Å²) in [6.07, 6.45) is 2.95. The van der Waals surface area contributed by atoms with Crippen molar-refractivity contribution in [3.8, 4) is 17.2 Å². The largest absolute Gasteiger partial charge is 0.504 e. The van der Waals surface area contributed by atoms with Gasteiger partial charge in [-0.3, -0.25) is 20.1 Å². The standard InChI is InChI=1S/C20H15N3O5/c24-18-7-5-13(9-17(18)23(27)28)11-21-15-3-1-2-4-16(15)22-12-14-6-8-19(25)20(26)10-14/h1-12,24-26H. The van der Waals surface area contributed by atoms with Crippen molar-refractivity contribution in [1.29, 1.82) is 0 Å². The molecule has 0 aliphatic rings. The molecule has 28 heavy (non-hydrogen) atoms. The Hall–Kier alpha value is -4.20. The highest BCUT2D eigenvalue weighted by Gasteiger charge is 2.12. The van der Waals surface area contributed by atoms with E-state index in [1.807, 2.05) is 0 Å². The summed E-state index contributed by atoms with van der Waals surface area (Å²) in [6, 6.07) is 15.3. The second-order valence-electron chi connectivity index (χ2n) is 5.76. The number of para-hydroxylation sites is 2. The first kappa shape index (κ1) is 18.6. The molecule has 0 saturated heterocycles. The van der Waals surface area contributed by atoms with Crippen molar-refractivity contribution in [3.05, 3.63) is 81.9 Å². The van der Waals surface area contributed by atoms with E-state index in [0.29, 0.717) is 22.5 Å². The van der Waals surface area contributed by atoms with Crippen LogP contribution in [-0.2, 0) is 0 Å². The van der Waals surface area contributed by atoms with Gasteiger partial charge in [0.05, 0.1) is 16.3 Å². The summed E-state index contributed by atoms with van der Waals surface area (Å²) in [4.78, 5) is 18.9. The molecule has 8 nitrogen and oxygen atoms in total. The number of nitro benzene ring substituents is 1. The first-order chi connectivity index (χ1) is 13.4. The Labute approximate surface area is 159 Å². The minimum Gasteiger partial charge on any atom is -0.504 e. The molecule has 0 aliphatic carbocycles. The van der Waals surface area contributed by atoms with Crippen LogP contribution >= 0.6 is 0 Å². The zero-order valence-corrected chi connectivity index (χ0v) is 14.4. The summed E-state index contributed by atoms with van der Waals surface area (Å²) in [7, 11) is 0. The molecule has 0 aliphatic heterocycles. The van der Waals surface area contributed by atoms with E-state index in [0.717, 1.165) is 0 Å². The van der Waals surface area contributed by atoms with E-state index in [9.17, 15) is 25.4 Å². The number of nitrogens with zero attached hydrogens (tertiary/aromatic N) is 3. The molecule has 0 unspecified atom stereocenters. The van der Waals surface area contributed by atoms with Crippen molar-refractivity contribution in [1.82, 2.24) is 0 Å². The molecule has 0 heterocycles. The fourth-order valence-corrected chi connectivity index (χ4v) is 2.36. The Kier molecular flexibility index (Phi) is 5.31. The average molecular weight is 377 g/mol. The van der Waals surface area contributed by atoms with Crippen LogP contribution in [0.3, 0.4) is 0 Å². The molecule has 0 radical (unpaired) electrons. The zero-order chi connectivity index (χ0) is 20.1. The topological polar surface area (TPSA) is 129 Å². The van der Waals surface area contributed by atoms with Crippen LogP contribution < -0.4 is 0 Å². The summed E-state index contributed by atoms with van der Waals surface area (Å²) in [6.45, 7) is 0. The van der Waals surface area contributed by atoms with Gasteiger partial charge in [0.1, 0.15) is 0 Å². The number of phenolic OH excluding ortho intramolecular Hbond substituents is 3. The first-order valence-corrected chi connectivity index (χ1v) is 8.10. The Morgan fingerprint density at radius 1 is 0.750 bits per heavy atom. The van der Waals surface area contributed by atoms with E-state index in [4.69, 9.17) is 0 Å². The van der Waals surface area contributed by atoms with Crippen molar-refractivity contribution in [2.24, 2.45) is 9.98 Å². The van der Waals surface area contributed by atoms with Gasteiger partial charge in [-0.15, -0.1) is 0 Å². The number of aliphatic imine (C=N–C) groups is 2. The second-order valence-corrected chi connectivity index (χ2v) is 5.76. The second kappa shape index (κ2) is 8.00. The van der Waals surface area contributed by atoms with Crippen LogP contribution in [0.5, 0.6) is 17.2 Å². The monoisotopic (exact) mass is 377 g/mol. The van der Waals surface area contributed by atoms with Crippen molar-refractivity contribution < 1.29 is 20.2 Å². The maximum Gasteiger partial charge on any atom is 0.311 e. The van der Waals surface area contributed by atoms with Crippen molar-refractivity contribution in [2.75, 3.05) is 0 Å². The van der Waals surface area contributed by atoms with Crippen LogP contribution in [0.1, 0.15) is 11.1 Å². The Morgan fingerprint density at radius 3 is 1.82 bits per heavy atom. The lowest BCUT2D eigenvalue weighted by Gasteiger charge is -2.01. The number of hydrogen-bond donors (Lipinski definition) is 3. The molecule has 0 atom stereocenters. The van der Waals surface area contributed by atoms with E-state index in [2.05, 4.69) is 9.98 Å². The molecule has 0 spiro atoms. The van der Waals surface area contributed by atoms with Crippen LogP contribution in [-0.4, -0.2) is 32.7 Å². The molecule has 0 fully saturated rings. The number of aromatic hydroxyl groups is 3. The molecule has 3 rings (SSSR count). The molecule has 3 N–H and O–H groups in total. The van der Waals surface area contributed by atoms with E-state index in [1.54, 1.807) is 30.3 Å². The molecule has 3 aromatic rings. The fourth-order valence-electron chi connectivity index (χ4n) is 2.36. The number of rotatable bonds is 5. The van der Waals surface area contributed by atoms with Gasteiger partial charge in [0, 0.05) is 18.5 Å². The minimum absolute atomic E-state index is 0.217. The highest BCUT2D eigenvalue weighted by molar-refractivity contribution is 5.87. The molecule has 3 aromatic carbocycles. The highest BCUT2D eigenvalue weighted by atomic mass is 16.6. The number of hydrogen-bond acceptors (Lipinski definition) is 7. The lowest BCUT2D eigenvalue weighted by Crippen LogP contribution is -1.90. The van der Waals surface area contributed by atoms with Crippen LogP contribution in [0.2, 0.25) is 0 Å². The van der Waals surface area contributed by atoms with Crippen LogP contribution in [0.4, 0.5) is 17.1 Å². The highest BCUT2D eigenvalue weighted by Crippen LogP contribution is 2.29. The fraction of sp³-hybridized carbons (Fsp3) is 0. The third-order valence-corrected chi connectivity index (χ3v) is 3.78. The van der Waals surface area contributed by atoms with Crippen molar-refractivity contribution in [2.45, 2.75) is 0 Å². The van der Waals surface area contributed by atoms with Gasteiger partial charge in [-0.25, -0.2) is 0 Å². The number of benzene rings is 3. The van der Waals surface area contributed by atoms with Gasteiger partial charge in [-0.1, -0.05) is 12.1 Å². The molecular formula is C20H15N3O5. The third kappa shape index (κ3) is 4.31. The normalized spacial score (nSPS) is 11.3. The maximum absolute atomic E-state index is 10.9. The van der Waals surface area contributed by atoms with E-state index in [1.165, 1.54) is 42.8 Å². The zero-order valence-electron chi connectivity index (χ0n) is 14.4. The first-order valence-electron chi connectivity index (χ1n) is 8.10. The van der Waals surface area contributed by atoms with Crippen molar-refractivity contribution in [3.63, 3.8) is 0 Å². The molecule has 140 valence electrons. The van der Waals surface area contributed by atoms with Gasteiger partial charge in [-0.2, -0.15) is 0 Å². The van der Waals surface area contributed by atoms with Gasteiger partial charge in [0.15, 0.2) is 17.2 Å². The predicted octanol–water partition coefficient (Wildman–Crippen LogP) is 4.21. The predicted molar refractivity (Wildman–Crippen MR) is 105 cm³/mol. The third-order valence-electron chi connectivity index (χ3n) is 3.78. The summed E-state index contributed by atoms with van der Waals surface area (Å²) in [5, 5.41) is 39.3. The van der Waals surface area contributed by atoms with Crippen LogP contribution in [0.25, 0.3) is 0 Å². The van der Waals surface area contributed by atoms with Crippen LogP contribution in [0, 0.1) is 10.1 Å². The van der Waals surface area contributed by atoms with Crippen LogP contribution in [0.15, 0.2) is 70.6 Å². The molecule has 8 heteroatoms. The summed E-state index contributed by atoms with van der Waals surface area (Å²) in [5.41, 5.74) is 1.70. The molecule has 0 bridgehead atoms. The summed E-state index contributed by atoms with van der Waals surface area (Å²) < 4.78 is 0. The van der Waals surface area contributed by atoms with Gasteiger partial charge in [0.25, 0.3) is 0 Å². The molecule has 0 aromatic heterocycles. The van der Waals surface area contributed by atoms with Gasteiger partial charge in [0.2, 0.25) is 0 Å². The summed E-state index contributed by atoms with van der Waals surface area (Å²) >= 11 is 0. The smallest absolute Gasteiger partial charge is 0.311 e. The van der Waals surface area contributed by atoms with E-state index >= 15 is 0 Å². The molecule has 0 amide bonds. The minimum atomic E-state index is -0.669. The quantitative estimate of drug-likeness (QED) is 0.265. The number of phenols is 3. The Balaban J connectivity index is 1.87. The van der Waals surface area contributed by atoms with E-state index in [-0.39, 0.29) is 11.5 Å². The SMILES string of the molecule is O=[N+]([O-])c1cc(C=Nc2ccccc2N=Cc2ccc(O)c(O)c2)ccc1O. The molecule has 0 saturated carbocycles. The average Bonchev–Trinajstić information content (AvgIpc) is 2.68. The lowest BCUT2D eigenvalue weighted by molar-refractivity contribution is -0.385. The van der Waals surface area contributed by atoms with Gasteiger partial charge < -0.3 is 15.3 Å².